The fourth-order valence-corrected chi connectivity index (χ4v) is 4.84. The van der Waals surface area contributed by atoms with Crippen LogP contribution in [0, 0.1) is 6.92 Å². The smallest absolute Gasteiger partial charge is 0.414 e. The number of amides is 1. The molecule has 6 heteroatoms. The Morgan fingerprint density at radius 1 is 1.27 bits per heavy atom. The Labute approximate surface area is 180 Å². The molecule has 0 saturated carbocycles. The predicted molar refractivity (Wildman–Crippen MR) is 121 cm³/mol. The van der Waals surface area contributed by atoms with Gasteiger partial charge in [-0.2, -0.15) is 0 Å². The number of hydrogen-bond acceptors (Lipinski definition) is 5. The molecule has 2 heterocycles. The lowest BCUT2D eigenvalue weighted by atomic mass is 9.94. The standard InChI is InChI=1S/C24H27NO4S/c1-15-14-30-22-20(28-13-16-8-6-5-7-9-16)11-19-18(21(15)22)10-17(26)12-25(19)23(27)29-24(2,3)4/h5-9,11,14,17,26H,10,12-13H2,1-4H3/t17-/m1/s1. The maximum absolute atomic E-state index is 12.9. The van der Waals surface area contributed by atoms with Crippen molar-refractivity contribution in [1.29, 1.82) is 0 Å². The molecule has 1 atom stereocenters. The number of hydrogen-bond donors (Lipinski definition) is 1. The first kappa shape index (κ1) is 20.7. The van der Waals surface area contributed by atoms with Crippen LogP contribution in [0.2, 0.25) is 0 Å². The Kier molecular flexibility index (Phi) is 5.47. The molecule has 1 N–H and O–H groups in total. The number of aliphatic hydroxyl groups is 1. The zero-order valence-corrected chi connectivity index (χ0v) is 18.6. The van der Waals surface area contributed by atoms with Gasteiger partial charge in [0.1, 0.15) is 18.0 Å². The third-order valence-corrected chi connectivity index (χ3v) is 6.16. The van der Waals surface area contributed by atoms with Gasteiger partial charge in [-0.1, -0.05) is 30.3 Å². The van der Waals surface area contributed by atoms with E-state index in [9.17, 15) is 9.90 Å². The highest BCUT2D eigenvalue weighted by atomic mass is 32.1. The second-order valence-electron chi connectivity index (χ2n) is 8.72. The summed E-state index contributed by atoms with van der Waals surface area (Å²) in [5, 5.41) is 13.7. The molecule has 1 aliphatic rings. The third-order valence-electron chi connectivity index (χ3n) is 5.05. The van der Waals surface area contributed by atoms with Crippen LogP contribution in [0.5, 0.6) is 5.75 Å². The van der Waals surface area contributed by atoms with E-state index >= 15 is 0 Å². The molecule has 0 bridgehead atoms. The van der Waals surface area contributed by atoms with Gasteiger partial charge in [-0.15, -0.1) is 11.3 Å². The summed E-state index contributed by atoms with van der Waals surface area (Å²) in [5.41, 5.74) is 3.31. The van der Waals surface area contributed by atoms with Crippen LogP contribution in [0.4, 0.5) is 10.5 Å². The zero-order valence-electron chi connectivity index (χ0n) is 17.8. The van der Waals surface area contributed by atoms with E-state index < -0.39 is 17.8 Å². The van der Waals surface area contributed by atoms with Gasteiger partial charge in [0.25, 0.3) is 0 Å². The van der Waals surface area contributed by atoms with Crippen molar-refractivity contribution in [2.45, 2.75) is 52.4 Å². The van der Waals surface area contributed by atoms with Crippen LogP contribution >= 0.6 is 11.3 Å². The first-order valence-electron chi connectivity index (χ1n) is 10.1. The molecule has 1 aromatic heterocycles. The van der Waals surface area contributed by atoms with Gasteiger partial charge in [0.2, 0.25) is 0 Å². The number of β-amino-alcohol motifs (C(OH)–C–C–N with tert-alkyl or cyclic N) is 1. The quantitative estimate of drug-likeness (QED) is 0.606. The van der Waals surface area contributed by atoms with Gasteiger partial charge < -0.3 is 14.6 Å². The van der Waals surface area contributed by atoms with Gasteiger partial charge in [-0.3, -0.25) is 4.90 Å². The van der Waals surface area contributed by atoms with Crippen LogP contribution in [-0.4, -0.2) is 29.4 Å². The van der Waals surface area contributed by atoms with E-state index in [1.54, 1.807) is 16.2 Å². The minimum atomic E-state index is -0.636. The molecule has 1 aliphatic heterocycles. The van der Waals surface area contributed by atoms with Crippen LogP contribution in [-0.2, 0) is 17.8 Å². The van der Waals surface area contributed by atoms with E-state index in [4.69, 9.17) is 9.47 Å². The monoisotopic (exact) mass is 425 g/mol. The van der Waals surface area contributed by atoms with Gasteiger partial charge in [0.15, 0.2) is 0 Å². The number of rotatable bonds is 3. The number of carbonyl (C=O) groups is 1. The van der Waals surface area contributed by atoms with Gasteiger partial charge in [0, 0.05) is 17.9 Å². The summed E-state index contributed by atoms with van der Waals surface area (Å²) in [4.78, 5) is 14.5. The van der Waals surface area contributed by atoms with Crippen molar-refractivity contribution in [1.82, 2.24) is 0 Å². The molecule has 0 saturated heterocycles. The van der Waals surface area contributed by atoms with Crippen molar-refractivity contribution in [3.05, 3.63) is 58.5 Å². The molecular formula is C24H27NO4S. The number of benzene rings is 2. The zero-order chi connectivity index (χ0) is 21.5. The van der Waals surface area contributed by atoms with E-state index in [-0.39, 0.29) is 6.54 Å². The summed E-state index contributed by atoms with van der Waals surface area (Å²) in [5.74, 6) is 0.746. The molecule has 30 heavy (non-hydrogen) atoms. The normalized spacial score (nSPS) is 16.4. The molecule has 158 valence electrons. The van der Waals surface area contributed by atoms with E-state index in [1.807, 2.05) is 57.2 Å². The van der Waals surface area contributed by atoms with Crippen molar-refractivity contribution in [3.63, 3.8) is 0 Å². The van der Waals surface area contributed by atoms with E-state index in [0.717, 1.165) is 38.2 Å². The summed E-state index contributed by atoms with van der Waals surface area (Å²) in [7, 11) is 0. The molecule has 5 nitrogen and oxygen atoms in total. The Bertz CT molecular complexity index is 1070. The molecular weight excluding hydrogens is 398 g/mol. The minimum Gasteiger partial charge on any atom is -0.487 e. The van der Waals surface area contributed by atoms with E-state index in [1.165, 1.54) is 0 Å². The maximum atomic E-state index is 12.9. The van der Waals surface area contributed by atoms with Crippen LogP contribution in [0.1, 0.15) is 37.5 Å². The molecule has 0 radical (unpaired) electrons. The number of aliphatic hydroxyl groups excluding tert-OH is 1. The van der Waals surface area contributed by atoms with Crippen molar-refractivity contribution >= 4 is 33.2 Å². The van der Waals surface area contributed by atoms with Crippen LogP contribution in [0.25, 0.3) is 10.1 Å². The minimum absolute atomic E-state index is 0.203. The highest BCUT2D eigenvalue weighted by Gasteiger charge is 2.33. The number of ether oxygens (including phenoxy) is 2. The van der Waals surface area contributed by atoms with Crippen molar-refractivity contribution in [3.8, 4) is 5.75 Å². The Hall–Kier alpha value is -2.57. The second-order valence-corrected chi connectivity index (χ2v) is 9.60. The lowest BCUT2D eigenvalue weighted by Crippen LogP contribution is -2.45. The molecule has 2 aromatic carbocycles. The lowest BCUT2D eigenvalue weighted by molar-refractivity contribution is 0.0548. The molecule has 0 spiro atoms. The summed E-state index contributed by atoms with van der Waals surface area (Å²) < 4.78 is 12.9. The van der Waals surface area contributed by atoms with E-state index in [0.29, 0.717) is 13.0 Å². The van der Waals surface area contributed by atoms with Gasteiger partial charge in [0.05, 0.1) is 23.0 Å². The predicted octanol–water partition coefficient (Wildman–Crippen LogP) is 5.45. The number of thiophene rings is 1. The number of carbonyl (C=O) groups excluding carboxylic acids is 1. The highest BCUT2D eigenvalue weighted by molar-refractivity contribution is 7.17. The van der Waals surface area contributed by atoms with Crippen LogP contribution in [0.15, 0.2) is 41.8 Å². The summed E-state index contributed by atoms with van der Waals surface area (Å²) in [6.07, 6.45) is -0.589. The SMILES string of the molecule is Cc1csc2c(OCc3ccccc3)cc3c(c12)C[C@@H](O)CN3C(=O)OC(C)(C)C. The number of anilines is 1. The fourth-order valence-electron chi connectivity index (χ4n) is 3.79. The van der Waals surface area contributed by atoms with Crippen LogP contribution in [0.3, 0.4) is 0 Å². The number of nitrogens with zero attached hydrogens (tertiary/aromatic N) is 1. The molecule has 0 aliphatic carbocycles. The average molecular weight is 426 g/mol. The molecule has 0 fully saturated rings. The first-order chi connectivity index (χ1) is 14.2. The Morgan fingerprint density at radius 2 is 2.00 bits per heavy atom. The lowest BCUT2D eigenvalue weighted by Gasteiger charge is -2.34. The highest BCUT2D eigenvalue weighted by Crippen LogP contribution is 2.44. The van der Waals surface area contributed by atoms with Crippen molar-refractivity contribution < 1.29 is 19.4 Å². The van der Waals surface area contributed by atoms with E-state index in [2.05, 4.69) is 12.3 Å². The Balaban J connectivity index is 1.77. The maximum Gasteiger partial charge on any atom is 0.414 e. The first-order valence-corrected chi connectivity index (χ1v) is 11.0. The summed E-state index contributed by atoms with van der Waals surface area (Å²) in [6, 6.07) is 11.9. The largest absolute Gasteiger partial charge is 0.487 e. The average Bonchev–Trinajstić information content (AvgIpc) is 3.07. The molecule has 4 rings (SSSR count). The van der Waals surface area contributed by atoms with Gasteiger partial charge in [-0.05, 0) is 49.8 Å². The number of aryl methyl sites for hydroxylation is 1. The molecule has 0 unspecified atom stereocenters. The summed E-state index contributed by atoms with van der Waals surface area (Å²) >= 11 is 1.63. The fraction of sp³-hybridized carbons (Fsp3) is 0.375. The third kappa shape index (κ3) is 4.16. The van der Waals surface area contributed by atoms with Crippen molar-refractivity contribution in [2.24, 2.45) is 0 Å². The second kappa shape index (κ2) is 7.93. The van der Waals surface area contributed by atoms with Gasteiger partial charge >= 0.3 is 6.09 Å². The Morgan fingerprint density at radius 3 is 2.70 bits per heavy atom. The topological polar surface area (TPSA) is 59.0 Å². The summed E-state index contributed by atoms with van der Waals surface area (Å²) in [6.45, 7) is 8.22. The van der Waals surface area contributed by atoms with Gasteiger partial charge in [-0.25, -0.2) is 4.79 Å². The number of fused-ring (bicyclic) bond motifs is 3. The van der Waals surface area contributed by atoms with Crippen molar-refractivity contribution in [2.75, 3.05) is 11.4 Å². The molecule has 1 amide bonds. The molecule has 3 aromatic rings. The van der Waals surface area contributed by atoms with Crippen LogP contribution < -0.4 is 9.64 Å².